The Bertz CT molecular complexity index is 420. The molecule has 94 valence electrons. The Morgan fingerprint density at radius 1 is 1.53 bits per heavy atom. The van der Waals surface area contributed by atoms with Crippen LogP contribution >= 0.6 is 0 Å². The molecule has 0 aliphatic rings. The summed E-state index contributed by atoms with van der Waals surface area (Å²) in [7, 11) is 0. The third-order valence-electron chi connectivity index (χ3n) is 2.74. The first kappa shape index (κ1) is 13.5. The quantitative estimate of drug-likeness (QED) is 0.770. The first-order chi connectivity index (χ1) is 7.99. The molecule has 0 aliphatic carbocycles. The van der Waals surface area contributed by atoms with E-state index >= 15 is 0 Å². The van der Waals surface area contributed by atoms with Crippen LogP contribution < -0.4 is 5.32 Å². The third kappa shape index (κ3) is 3.19. The smallest absolute Gasteiger partial charge is 0.246 e. The zero-order valence-corrected chi connectivity index (χ0v) is 11.1. The van der Waals surface area contributed by atoms with Crippen LogP contribution in [0.3, 0.4) is 0 Å². The lowest BCUT2D eigenvalue weighted by molar-refractivity contribution is -0.118. The van der Waals surface area contributed by atoms with Crippen molar-refractivity contribution in [3.05, 3.63) is 29.4 Å². The van der Waals surface area contributed by atoms with Crippen molar-refractivity contribution in [3.63, 3.8) is 0 Å². The zero-order chi connectivity index (χ0) is 13.0. The van der Waals surface area contributed by atoms with Gasteiger partial charge in [-0.2, -0.15) is 0 Å². The van der Waals surface area contributed by atoms with Gasteiger partial charge in [-0.05, 0) is 20.3 Å². The monoisotopic (exact) mass is 235 g/mol. The molecular weight excluding hydrogens is 214 g/mol. The van der Waals surface area contributed by atoms with Gasteiger partial charge in [-0.25, -0.2) is 4.98 Å². The number of carbonyl (C=O) groups is 1. The molecule has 1 aromatic rings. The van der Waals surface area contributed by atoms with Crippen LogP contribution in [0.15, 0.2) is 12.2 Å². The van der Waals surface area contributed by atoms with Crippen LogP contribution in [0.2, 0.25) is 0 Å². The number of nitrogens with one attached hydrogen (secondary N) is 2. The minimum Gasteiger partial charge on any atom is -0.346 e. The van der Waals surface area contributed by atoms with E-state index in [0.717, 1.165) is 30.1 Å². The molecule has 1 rings (SSSR count). The number of rotatable bonds is 5. The molecule has 0 radical (unpaired) electrons. The Balaban J connectivity index is 2.89. The molecule has 1 heterocycles. The Hall–Kier alpha value is -1.58. The second-order valence-corrected chi connectivity index (χ2v) is 4.26. The number of aryl methyl sites for hydroxylation is 2. The normalized spacial score (nSPS) is 12.2. The zero-order valence-electron chi connectivity index (χ0n) is 11.1. The third-order valence-corrected chi connectivity index (χ3v) is 2.74. The molecule has 0 aromatic carbocycles. The van der Waals surface area contributed by atoms with Crippen LogP contribution in [0.25, 0.3) is 0 Å². The van der Waals surface area contributed by atoms with E-state index in [9.17, 15) is 4.79 Å². The number of carbonyl (C=O) groups excluding carboxylic acids is 1. The Morgan fingerprint density at radius 2 is 2.18 bits per heavy atom. The van der Waals surface area contributed by atoms with Gasteiger partial charge < -0.3 is 10.3 Å². The Kier molecular flexibility index (Phi) is 4.49. The van der Waals surface area contributed by atoms with Gasteiger partial charge in [0.05, 0.1) is 11.7 Å². The molecule has 17 heavy (non-hydrogen) atoms. The van der Waals surface area contributed by atoms with Gasteiger partial charge in [0.15, 0.2) is 0 Å². The van der Waals surface area contributed by atoms with Crippen molar-refractivity contribution in [2.75, 3.05) is 0 Å². The second-order valence-electron chi connectivity index (χ2n) is 4.26. The summed E-state index contributed by atoms with van der Waals surface area (Å²) in [4.78, 5) is 19.4. The molecule has 0 saturated carbocycles. The molecule has 4 heteroatoms. The molecule has 1 atom stereocenters. The summed E-state index contributed by atoms with van der Waals surface area (Å²) in [6.07, 6.45) is 1.68. The Morgan fingerprint density at radius 3 is 2.59 bits per heavy atom. The molecular formula is C13H21N3O. The van der Waals surface area contributed by atoms with Crippen molar-refractivity contribution in [2.24, 2.45) is 0 Å². The fraction of sp³-hybridized carbons (Fsp3) is 0.538. The molecule has 1 unspecified atom stereocenters. The van der Waals surface area contributed by atoms with Gasteiger partial charge in [0, 0.05) is 17.7 Å². The largest absolute Gasteiger partial charge is 0.346 e. The van der Waals surface area contributed by atoms with Crippen molar-refractivity contribution >= 4 is 5.91 Å². The van der Waals surface area contributed by atoms with Crippen molar-refractivity contribution in [2.45, 2.75) is 46.6 Å². The number of aromatic nitrogens is 2. The predicted molar refractivity (Wildman–Crippen MR) is 68.7 cm³/mol. The fourth-order valence-electron chi connectivity index (χ4n) is 1.69. The first-order valence-corrected chi connectivity index (χ1v) is 6.01. The lowest BCUT2D eigenvalue weighted by Crippen LogP contribution is -2.29. The van der Waals surface area contributed by atoms with E-state index in [0.29, 0.717) is 5.57 Å². The highest BCUT2D eigenvalue weighted by atomic mass is 16.1. The van der Waals surface area contributed by atoms with Gasteiger partial charge in [-0.15, -0.1) is 0 Å². The summed E-state index contributed by atoms with van der Waals surface area (Å²) < 4.78 is 0. The summed E-state index contributed by atoms with van der Waals surface area (Å²) in [6.45, 7) is 11.4. The minimum absolute atomic E-state index is 0.0456. The van der Waals surface area contributed by atoms with Crippen molar-refractivity contribution < 1.29 is 4.79 Å². The van der Waals surface area contributed by atoms with E-state index in [2.05, 4.69) is 28.8 Å². The molecule has 0 saturated heterocycles. The second kappa shape index (κ2) is 5.66. The van der Waals surface area contributed by atoms with Crippen LogP contribution in [0, 0.1) is 6.92 Å². The standard InChI is InChI=1S/C13H21N3O/c1-6-10(15-13(17)8(3)4)12-9(5)14-11(7-2)16-12/h10H,3,6-7H2,1-2,4-5H3,(H,14,16)(H,15,17). The maximum atomic E-state index is 11.6. The van der Waals surface area contributed by atoms with Gasteiger partial charge in [0.2, 0.25) is 5.91 Å². The van der Waals surface area contributed by atoms with E-state index in [1.807, 2.05) is 13.8 Å². The maximum absolute atomic E-state index is 11.6. The lowest BCUT2D eigenvalue weighted by Gasteiger charge is -2.15. The van der Waals surface area contributed by atoms with Crippen LogP contribution in [-0.2, 0) is 11.2 Å². The first-order valence-electron chi connectivity index (χ1n) is 6.01. The SMILES string of the molecule is C=C(C)C(=O)NC(CC)c1nc(CC)[nH]c1C. The van der Waals surface area contributed by atoms with E-state index in [-0.39, 0.29) is 11.9 Å². The number of hydrogen-bond donors (Lipinski definition) is 2. The summed E-state index contributed by atoms with van der Waals surface area (Å²) in [5.74, 6) is 0.845. The van der Waals surface area contributed by atoms with Gasteiger partial charge in [0.1, 0.15) is 5.82 Å². The molecule has 0 fully saturated rings. The topological polar surface area (TPSA) is 57.8 Å². The highest BCUT2D eigenvalue weighted by Gasteiger charge is 2.18. The van der Waals surface area contributed by atoms with Crippen molar-refractivity contribution in [1.29, 1.82) is 0 Å². The van der Waals surface area contributed by atoms with Crippen LogP contribution in [0.4, 0.5) is 0 Å². The maximum Gasteiger partial charge on any atom is 0.246 e. The van der Waals surface area contributed by atoms with Crippen LogP contribution in [-0.4, -0.2) is 15.9 Å². The summed E-state index contributed by atoms with van der Waals surface area (Å²) in [5.41, 5.74) is 2.47. The van der Waals surface area contributed by atoms with Crippen molar-refractivity contribution in [1.82, 2.24) is 15.3 Å². The van der Waals surface area contributed by atoms with E-state index < -0.39 is 0 Å². The highest BCUT2D eigenvalue weighted by Crippen LogP contribution is 2.19. The highest BCUT2D eigenvalue weighted by molar-refractivity contribution is 5.92. The molecule has 4 nitrogen and oxygen atoms in total. The van der Waals surface area contributed by atoms with Gasteiger partial charge in [-0.3, -0.25) is 4.79 Å². The molecule has 2 N–H and O–H groups in total. The van der Waals surface area contributed by atoms with E-state index in [1.165, 1.54) is 0 Å². The number of nitrogens with zero attached hydrogens (tertiary/aromatic N) is 1. The number of H-pyrrole nitrogens is 1. The summed E-state index contributed by atoms with van der Waals surface area (Å²) >= 11 is 0. The summed E-state index contributed by atoms with van der Waals surface area (Å²) in [6, 6.07) is -0.0456. The minimum atomic E-state index is -0.114. The molecule has 0 aliphatic heterocycles. The summed E-state index contributed by atoms with van der Waals surface area (Å²) in [5, 5.41) is 2.94. The average Bonchev–Trinajstić information content (AvgIpc) is 2.67. The molecule has 1 amide bonds. The Labute approximate surface area is 103 Å². The lowest BCUT2D eigenvalue weighted by atomic mass is 10.1. The average molecular weight is 235 g/mol. The van der Waals surface area contributed by atoms with Crippen LogP contribution in [0.5, 0.6) is 0 Å². The van der Waals surface area contributed by atoms with Gasteiger partial charge >= 0.3 is 0 Å². The number of hydrogen-bond acceptors (Lipinski definition) is 2. The molecule has 0 spiro atoms. The number of imidazole rings is 1. The number of aromatic amines is 1. The fourth-order valence-corrected chi connectivity index (χ4v) is 1.69. The molecule has 1 aromatic heterocycles. The number of amides is 1. The molecule has 0 bridgehead atoms. The van der Waals surface area contributed by atoms with E-state index in [1.54, 1.807) is 6.92 Å². The van der Waals surface area contributed by atoms with Gasteiger partial charge in [0.25, 0.3) is 0 Å². The van der Waals surface area contributed by atoms with Crippen LogP contribution in [0.1, 0.15) is 50.4 Å². The van der Waals surface area contributed by atoms with Crippen molar-refractivity contribution in [3.8, 4) is 0 Å². The predicted octanol–water partition coefficient (Wildman–Crippen LogP) is 2.42. The van der Waals surface area contributed by atoms with E-state index in [4.69, 9.17) is 0 Å². The van der Waals surface area contributed by atoms with Gasteiger partial charge in [-0.1, -0.05) is 20.4 Å².